The number of aromatic nitrogens is 1. The molecule has 1 N–H and O–H groups in total. The van der Waals surface area contributed by atoms with E-state index >= 15 is 0 Å². The molecule has 24 heavy (non-hydrogen) atoms. The molecule has 0 aliphatic heterocycles. The molecule has 2 heterocycles. The van der Waals surface area contributed by atoms with Gasteiger partial charge in [-0.1, -0.05) is 6.92 Å². The Morgan fingerprint density at radius 2 is 1.88 bits per heavy atom. The van der Waals surface area contributed by atoms with Crippen molar-refractivity contribution >= 4 is 38.4 Å². The molecular weight excluding hydrogens is 374 g/mol. The summed E-state index contributed by atoms with van der Waals surface area (Å²) < 4.78 is 53.3. The second-order valence-electron chi connectivity index (χ2n) is 4.88. The lowest BCUT2D eigenvalue weighted by atomic mass is 10.3. The SMILES string of the molecule is CCc1csc(-c2ccc(S(=O)(=O)Nc3cc(F)cc(F)c3)s2)n1. The number of hydrogen-bond donors (Lipinski definition) is 1. The van der Waals surface area contributed by atoms with Crippen LogP contribution in [0.2, 0.25) is 0 Å². The largest absolute Gasteiger partial charge is 0.279 e. The maximum atomic E-state index is 13.2. The van der Waals surface area contributed by atoms with Gasteiger partial charge < -0.3 is 0 Å². The van der Waals surface area contributed by atoms with Gasteiger partial charge in [-0.05, 0) is 30.7 Å². The van der Waals surface area contributed by atoms with Crippen LogP contribution >= 0.6 is 22.7 Å². The van der Waals surface area contributed by atoms with Gasteiger partial charge in [0.1, 0.15) is 20.9 Å². The van der Waals surface area contributed by atoms with Gasteiger partial charge in [-0.15, -0.1) is 22.7 Å². The fourth-order valence-corrected chi connectivity index (χ4v) is 5.30. The predicted molar refractivity (Wildman–Crippen MR) is 92.0 cm³/mol. The van der Waals surface area contributed by atoms with E-state index in [1.807, 2.05) is 12.3 Å². The molecule has 3 aromatic rings. The molecule has 3 rings (SSSR count). The quantitative estimate of drug-likeness (QED) is 0.702. The highest BCUT2D eigenvalue weighted by atomic mass is 32.2. The molecular formula is C15H12F2N2O2S3. The molecule has 4 nitrogen and oxygen atoms in total. The molecule has 1 aromatic carbocycles. The number of aryl methyl sites for hydroxylation is 1. The first kappa shape index (κ1) is 17.0. The molecule has 0 aliphatic carbocycles. The highest BCUT2D eigenvalue weighted by Crippen LogP contribution is 2.33. The van der Waals surface area contributed by atoms with Crippen molar-refractivity contribution in [1.29, 1.82) is 0 Å². The minimum Gasteiger partial charge on any atom is -0.279 e. The number of thiazole rings is 1. The summed E-state index contributed by atoms with van der Waals surface area (Å²) in [5.74, 6) is -1.70. The molecule has 0 radical (unpaired) electrons. The number of benzene rings is 1. The topological polar surface area (TPSA) is 59.1 Å². The van der Waals surface area contributed by atoms with E-state index in [0.29, 0.717) is 6.07 Å². The molecule has 9 heteroatoms. The zero-order valence-electron chi connectivity index (χ0n) is 12.4. The van der Waals surface area contributed by atoms with Crippen LogP contribution in [0.3, 0.4) is 0 Å². The minimum atomic E-state index is -3.92. The second kappa shape index (κ2) is 6.58. The van der Waals surface area contributed by atoms with Crippen molar-refractivity contribution in [2.45, 2.75) is 17.6 Å². The molecule has 126 valence electrons. The summed E-state index contributed by atoms with van der Waals surface area (Å²) in [6.45, 7) is 1.99. The third kappa shape index (κ3) is 3.63. The maximum Gasteiger partial charge on any atom is 0.271 e. The van der Waals surface area contributed by atoms with Gasteiger partial charge >= 0.3 is 0 Å². The zero-order chi connectivity index (χ0) is 17.3. The average Bonchev–Trinajstić information content (AvgIpc) is 3.15. The fourth-order valence-electron chi connectivity index (χ4n) is 1.98. The van der Waals surface area contributed by atoms with Crippen molar-refractivity contribution in [3.8, 4) is 9.88 Å². The first-order valence-corrected chi connectivity index (χ1v) is 10.1. The van der Waals surface area contributed by atoms with Crippen LogP contribution in [-0.2, 0) is 16.4 Å². The number of anilines is 1. The molecule has 0 saturated carbocycles. The van der Waals surface area contributed by atoms with Crippen molar-refractivity contribution < 1.29 is 17.2 Å². The van der Waals surface area contributed by atoms with Crippen LogP contribution in [0, 0.1) is 11.6 Å². The summed E-state index contributed by atoms with van der Waals surface area (Å²) in [7, 11) is -3.92. The Bertz CT molecular complexity index is 960. The lowest BCUT2D eigenvalue weighted by molar-refractivity contribution is 0.584. The van der Waals surface area contributed by atoms with Crippen LogP contribution in [-0.4, -0.2) is 13.4 Å². The summed E-state index contributed by atoms with van der Waals surface area (Å²) in [5, 5.41) is 2.67. The Morgan fingerprint density at radius 3 is 2.50 bits per heavy atom. The number of thiophene rings is 1. The summed E-state index contributed by atoms with van der Waals surface area (Å²) in [6.07, 6.45) is 0.805. The van der Waals surface area contributed by atoms with Crippen LogP contribution in [0.1, 0.15) is 12.6 Å². The van der Waals surface area contributed by atoms with E-state index in [2.05, 4.69) is 9.71 Å². The summed E-state index contributed by atoms with van der Waals surface area (Å²) >= 11 is 2.50. The minimum absolute atomic E-state index is 0.0513. The van der Waals surface area contributed by atoms with Crippen LogP contribution in [0.25, 0.3) is 9.88 Å². The Hall–Kier alpha value is -1.84. The predicted octanol–water partition coefficient (Wildman–Crippen LogP) is 4.51. The third-order valence-corrected chi connectivity index (χ3v) is 7.10. The van der Waals surface area contributed by atoms with Gasteiger partial charge in [-0.2, -0.15) is 0 Å². The summed E-state index contributed by atoms with van der Waals surface area (Å²) in [6, 6.07) is 5.64. The van der Waals surface area contributed by atoms with Crippen molar-refractivity contribution in [2.75, 3.05) is 4.72 Å². The lowest BCUT2D eigenvalue weighted by Gasteiger charge is -2.06. The van der Waals surface area contributed by atoms with E-state index in [0.717, 1.165) is 45.5 Å². The first-order chi connectivity index (χ1) is 11.4. The number of nitrogens with zero attached hydrogens (tertiary/aromatic N) is 1. The molecule has 0 saturated heterocycles. The third-order valence-electron chi connectivity index (χ3n) is 3.09. The summed E-state index contributed by atoms with van der Waals surface area (Å²) in [4.78, 5) is 5.14. The van der Waals surface area contributed by atoms with Gasteiger partial charge in [0.25, 0.3) is 10.0 Å². The standard InChI is InChI=1S/C15H12F2N2O2S3/c1-2-11-8-22-15(18-11)13-3-4-14(23-13)24(20,21)19-12-6-9(16)5-10(17)7-12/h3-8,19H,2H2,1H3. The average molecular weight is 386 g/mol. The van der Waals surface area contributed by atoms with Crippen molar-refractivity contribution in [2.24, 2.45) is 0 Å². The van der Waals surface area contributed by atoms with Gasteiger partial charge in [0, 0.05) is 11.4 Å². The molecule has 0 aliphatic rings. The van der Waals surface area contributed by atoms with Crippen molar-refractivity contribution in [3.05, 3.63) is 53.0 Å². The number of rotatable bonds is 5. The molecule has 0 unspecified atom stereocenters. The Morgan fingerprint density at radius 1 is 1.17 bits per heavy atom. The van der Waals surface area contributed by atoms with Crippen molar-refractivity contribution in [3.63, 3.8) is 0 Å². The Labute approximate surface area is 145 Å². The molecule has 0 bridgehead atoms. The lowest BCUT2D eigenvalue weighted by Crippen LogP contribution is -2.11. The molecule has 0 amide bonds. The van der Waals surface area contributed by atoms with E-state index in [4.69, 9.17) is 0 Å². The van der Waals surface area contributed by atoms with E-state index in [-0.39, 0.29) is 9.90 Å². The molecule has 0 fully saturated rings. The molecule has 0 atom stereocenters. The van der Waals surface area contributed by atoms with Crippen LogP contribution in [0.15, 0.2) is 39.9 Å². The van der Waals surface area contributed by atoms with Gasteiger partial charge in [0.05, 0.1) is 16.3 Å². The number of nitrogens with one attached hydrogen (secondary N) is 1. The number of sulfonamides is 1. The Balaban J connectivity index is 1.87. The Kier molecular flexibility index (Phi) is 4.66. The van der Waals surface area contributed by atoms with Crippen LogP contribution in [0.4, 0.5) is 14.5 Å². The zero-order valence-corrected chi connectivity index (χ0v) is 14.9. The highest BCUT2D eigenvalue weighted by Gasteiger charge is 2.19. The first-order valence-electron chi connectivity index (χ1n) is 6.91. The normalized spacial score (nSPS) is 11.6. The monoisotopic (exact) mass is 386 g/mol. The number of halogens is 2. The fraction of sp³-hybridized carbons (Fsp3) is 0.133. The molecule has 2 aromatic heterocycles. The van der Waals surface area contributed by atoms with E-state index in [1.165, 1.54) is 17.4 Å². The van der Waals surface area contributed by atoms with Crippen LogP contribution in [0.5, 0.6) is 0 Å². The van der Waals surface area contributed by atoms with Gasteiger partial charge in [0.15, 0.2) is 0 Å². The van der Waals surface area contributed by atoms with Crippen molar-refractivity contribution in [1.82, 2.24) is 4.98 Å². The van der Waals surface area contributed by atoms with Crippen LogP contribution < -0.4 is 4.72 Å². The number of hydrogen-bond acceptors (Lipinski definition) is 5. The van der Waals surface area contributed by atoms with E-state index in [9.17, 15) is 17.2 Å². The van der Waals surface area contributed by atoms with Gasteiger partial charge in [-0.25, -0.2) is 22.2 Å². The van der Waals surface area contributed by atoms with E-state index in [1.54, 1.807) is 6.07 Å². The smallest absolute Gasteiger partial charge is 0.271 e. The van der Waals surface area contributed by atoms with Gasteiger partial charge in [-0.3, -0.25) is 4.72 Å². The van der Waals surface area contributed by atoms with E-state index < -0.39 is 21.7 Å². The highest BCUT2D eigenvalue weighted by molar-refractivity contribution is 7.94. The van der Waals surface area contributed by atoms with Gasteiger partial charge in [0.2, 0.25) is 0 Å². The second-order valence-corrected chi connectivity index (χ2v) is 8.73. The molecule has 0 spiro atoms. The maximum absolute atomic E-state index is 13.2. The summed E-state index contributed by atoms with van der Waals surface area (Å²) in [5.41, 5.74) is 0.783.